The first-order valence-corrected chi connectivity index (χ1v) is 14.9. The number of aliphatic hydroxyl groups excluding tert-OH is 1. The van der Waals surface area contributed by atoms with Crippen molar-refractivity contribution in [3.05, 3.63) is 63.0 Å². The van der Waals surface area contributed by atoms with E-state index in [-0.39, 0.29) is 11.3 Å². The van der Waals surface area contributed by atoms with E-state index in [1.807, 2.05) is 4.73 Å². The molecular weight excluding hydrogens is 549 g/mol. The molecule has 226 valence electrons. The first-order valence-electron chi connectivity index (χ1n) is 14.9. The van der Waals surface area contributed by atoms with Gasteiger partial charge in [-0.25, -0.2) is 0 Å². The maximum absolute atomic E-state index is 13.7. The smallest absolute Gasteiger partial charge is 0.388 e. The van der Waals surface area contributed by atoms with Crippen molar-refractivity contribution in [2.24, 2.45) is 5.41 Å². The van der Waals surface area contributed by atoms with Gasteiger partial charge in [-0.2, -0.15) is 18.4 Å². The molecule has 2 fully saturated rings. The van der Waals surface area contributed by atoms with E-state index in [2.05, 4.69) is 13.8 Å². The van der Waals surface area contributed by atoms with Gasteiger partial charge in [-0.3, -0.25) is 4.84 Å². The van der Waals surface area contributed by atoms with Crippen molar-refractivity contribution in [1.29, 1.82) is 5.26 Å². The fourth-order valence-electron chi connectivity index (χ4n) is 7.66. The Morgan fingerprint density at radius 1 is 1.12 bits per heavy atom. The molecule has 4 heterocycles. The summed E-state index contributed by atoms with van der Waals surface area (Å²) in [6.45, 7) is 6.42. The molecule has 2 aromatic rings. The van der Waals surface area contributed by atoms with Gasteiger partial charge in [-0.05, 0) is 42.4 Å². The van der Waals surface area contributed by atoms with Crippen LogP contribution in [0.5, 0.6) is 0 Å². The number of benzene rings is 1. The van der Waals surface area contributed by atoms with Crippen LogP contribution in [0, 0.1) is 16.7 Å². The van der Waals surface area contributed by atoms with Crippen molar-refractivity contribution in [2.75, 3.05) is 33.5 Å². The molecule has 0 saturated carbocycles. The van der Waals surface area contributed by atoms with Gasteiger partial charge >= 0.3 is 6.18 Å². The highest BCUT2D eigenvalue weighted by molar-refractivity contribution is 5.54. The Hall–Kier alpha value is -2.71. The molecular formula is C32H38F3N2O5+. The first kappa shape index (κ1) is 29.4. The maximum Gasteiger partial charge on any atom is 0.417 e. The van der Waals surface area contributed by atoms with E-state index in [0.717, 1.165) is 53.4 Å². The summed E-state index contributed by atoms with van der Waals surface area (Å²) < 4.78 is 61.6. The van der Waals surface area contributed by atoms with Crippen LogP contribution < -0.4 is 9.57 Å². The van der Waals surface area contributed by atoms with Gasteiger partial charge in [-0.15, -0.1) is 0 Å². The lowest BCUT2D eigenvalue weighted by Gasteiger charge is -2.39. The van der Waals surface area contributed by atoms with Gasteiger partial charge in [0.05, 0.1) is 45.9 Å². The Kier molecular flexibility index (Phi) is 7.53. The molecule has 3 aliphatic heterocycles. The third-order valence-corrected chi connectivity index (χ3v) is 9.98. The number of fused-ring (bicyclic) bond motifs is 4. The molecule has 1 N–H and O–H groups in total. The number of rotatable bonds is 4. The van der Waals surface area contributed by atoms with Crippen LogP contribution in [0.2, 0.25) is 0 Å². The average molecular weight is 588 g/mol. The summed E-state index contributed by atoms with van der Waals surface area (Å²) in [5, 5.41) is 21.6. The van der Waals surface area contributed by atoms with E-state index in [4.69, 9.17) is 19.0 Å². The zero-order chi connectivity index (χ0) is 29.9. The number of nitriles is 1. The third kappa shape index (κ3) is 4.69. The Balaban J connectivity index is 1.67. The summed E-state index contributed by atoms with van der Waals surface area (Å²) in [7, 11) is 1.63. The number of alkyl halides is 3. The summed E-state index contributed by atoms with van der Waals surface area (Å²) >= 11 is 0. The largest absolute Gasteiger partial charge is 0.417 e. The van der Waals surface area contributed by atoms with Gasteiger partial charge in [0.25, 0.3) is 0 Å². The molecule has 10 heteroatoms. The number of hydrogen-bond acceptors (Lipinski definition) is 6. The van der Waals surface area contributed by atoms with Crippen LogP contribution in [0.15, 0.2) is 18.2 Å². The van der Waals surface area contributed by atoms with Crippen molar-refractivity contribution >= 4 is 0 Å². The second kappa shape index (κ2) is 10.8. The highest BCUT2D eigenvalue weighted by Crippen LogP contribution is 2.58. The monoisotopic (exact) mass is 587 g/mol. The van der Waals surface area contributed by atoms with Gasteiger partial charge in [0.1, 0.15) is 13.2 Å². The van der Waals surface area contributed by atoms with Crippen molar-refractivity contribution < 1.29 is 42.1 Å². The van der Waals surface area contributed by atoms with E-state index in [1.54, 1.807) is 13.2 Å². The first-order chi connectivity index (χ1) is 20.1. The van der Waals surface area contributed by atoms with Crippen molar-refractivity contribution in [3.63, 3.8) is 0 Å². The minimum atomic E-state index is -4.65. The maximum atomic E-state index is 13.7. The van der Waals surface area contributed by atoms with E-state index >= 15 is 0 Å². The lowest BCUT2D eigenvalue weighted by molar-refractivity contribution is -0.897. The quantitative estimate of drug-likeness (QED) is 0.487. The average Bonchev–Trinajstić information content (AvgIpc) is 3.29. The van der Waals surface area contributed by atoms with Crippen LogP contribution in [0.1, 0.15) is 115 Å². The second-order valence-corrected chi connectivity index (χ2v) is 12.5. The molecule has 1 aromatic heterocycles. The van der Waals surface area contributed by atoms with Crippen LogP contribution >= 0.6 is 0 Å². The second-order valence-electron chi connectivity index (χ2n) is 12.5. The van der Waals surface area contributed by atoms with Crippen molar-refractivity contribution in [2.45, 2.75) is 88.7 Å². The van der Waals surface area contributed by atoms with E-state index in [9.17, 15) is 23.5 Å². The number of aliphatic hydroxyl groups is 1. The van der Waals surface area contributed by atoms with Crippen LogP contribution in [-0.2, 0) is 32.4 Å². The zero-order valence-electron chi connectivity index (χ0n) is 24.4. The molecule has 1 aliphatic carbocycles. The van der Waals surface area contributed by atoms with Crippen molar-refractivity contribution in [1.82, 2.24) is 0 Å². The predicted molar refractivity (Wildman–Crippen MR) is 144 cm³/mol. The minimum Gasteiger partial charge on any atom is -0.388 e. The van der Waals surface area contributed by atoms with Gasteiger partial charge in [0, 0.05) is 56.0 Å². The third-order valence-electron chi connectivity index (χ3n) is 9.98. The highest BCUT2D eigenvalue weighted by Gasteiger charge is 2.57. The predicted octanol–water partition coefficient (Wildman–Crippen LogP) is 5.34. The Labute approximate surface area is 244 Å². The summed E-state index contributed by atoms with van der Waals surface area (Å²) in [5.41, 5.74) is 2.59. The van der Waals surface area contributed by atoms with Crippen molar-refractivity contribution in [3.8, 4) is 6.07 Å². The summed E-state index contributed by atoms with van der Waals surface area (Å²) in [5.74, 6) is 0.0516. The summed E-state index contributed by atoms with van der Waals surface area (Å²) in [6, 6.07) is 5.46. The minimum absolute atomic E-state index is 0.0516. The Bertz CT molecular complexity index is 1410. The Morgan fingerprint density at radius 2 is 1.81 bits per heavy atom. The fraction of sp³-hybridized carbons (Fsp3) is 0.625. The lowest BCUT2D eigenvalue weighted by Crippen LogP contribution is -2.54. The summed E-state index contributed by atoms with van der Waals surface area (Å²) in [6.07, 6.45) is -1.37. The molecule has 1 aromatic carbocycles. The van der Waals surface area contributed by atoms with Gasteiger partial charge in [-0.1, -0.05) is 26.3 Å². The van der Waals surface area contributed by atoms with Gasteiger partial charge in [0.15, 0.2) is 0 Å². The topological polar surface area (TPSA) is 84.8 Å². The number of aromatic nitrogens is 1. The number of nitrogens with zero attached hydrogens (tertiary/aromatic N) is 2. The molecule has 7 nitrogen and oxygen atoms in total. The molecule has 0 bridgehead atoms. The van der Waals surface area contributed by atoms with Crippen LogP contribution in [0.4, 0.5) is 13.2 Å². The van der Waals surface area contributed by atoms with Crippen LogP contribution in [0.25, 0.3) is 0 Å². The van der Waals surface area contributed by atoms with Gasteiger partial charge in [0.2, 0.25) is 11.4 Å². The molecule has 6 rings (SSSR count). The SMILES string of the molecule is CCC1(C)Cc2c(c3c(c(C4CCOCC4)[n+]2OC)C(c2ccc(C(F)(F)F)c(C#N)c2)OC32CCOCC2)C(O)C1. The molecule has 2 saturated heterocycles. The lowest BCUT2D eigenvalue weighted by atomic mass is 9.67. The molecule has 42 heavy (non-hydrogen) atoms. The molecule has 4 aliphatic rings. The van der Waals surface area contributed by atoms with E-state index in [1.165, 1.54) is 12.1 Å². The Morgan fingerprint density at radius 3 is 2.43 bits per heavy atom. The molecule has 0 amide bonds. The molecule has 3 atom stereocenters. The van der Waals surface area contributed by atoms with Crippen LogP contribution in [-0.4, -0.2) is 38.6 Å². The molecule has 3 unspecified atom stereocenters. The number of halogens is 3. The summed E-state index contributed by atoms with van der Waals surface area (Å²) in [4.78, 5) is 6.16. The van der Waals surface area contributed by atoms with Crippen LogP contribution in [0.3, 0.4) is 0 Å². The number of hydrogen-bond donors (Lipinski definition) is 1. The number of pyridine rings is 1. The standard InChI is InChI=1S/C32H38F3N2O5/c1-4-30(2)16-23-25(24(38)17-30)27-26(28(37(23)39-3)19-7-11-40-12-8-19)29(42-31(27)9-13-41-14-10-31)20-5-6-22(32(33,34)35)21(15-20)18-36/h5-6,15,19,24,29,38H,4,7-14,16-17H2,1-3H3/q+1. The highest BCUT2D eigenvalue weighted by atomic mass is 19.4. The fourth-order valence-corrected chi connectivity index (χ4v) is 7.66. The molecule has 0 radical (unpaired) electrons. The van der Waals surface area contributed by atoms with E-state index in [0.29, 0.717) is 57.7 Å². The van der Waals surface area contributed by atoms with E-state index < -0.39 is 35.1 Å². The van der Waals surface area contributed by atoms with Gasteiger partial charge < -0.3 is 19.3 Å². The molecule has 1 spiro atoms. The zero-order valence-corrected chi connectivity index (χ0v) is 24.4. The number of ether oxygens (including phenoxy) is 3. The normalized spacial score (nSPS) is 27.4.